The lowest BCUT2D eigenvalue weighted by Crippen LogP contribution is -2.13. The molecule has 0 heterocycles. The third-order valence-electron chi connectivity index (χ3n) is 6.59. The average molecular weight is 556 g/mol. The molecule has 4 aromatic rings. The first-order valence-corrected chi connectivity index (χ1v) is 13.7. The summed E-state index contributed by atoms with van der Waals surface area (Å²) in [4.78, 5) is 32.8. The fraction of sp³-hybridized carbons (Fsp3) is 0.111. The highest BCUT2D eigenvalue weighted by molar-refractivity contribution is 5.80. The topological polar surface area (TPSA) is 116 Å². The van der Waals surface area contributed by atoms with Crippen LogP contribution in [0.15, 0.2) is 96.2 Å². The Morgan fingerprint density at radius 1 is 0.500 bits per heavy atom. The number of carbonyl (C=O) groups is 2. The van der Waals surface area contributed by atoms with Crippen LogP contribution in [0, 0.1) is 4.91 Å². The SMILES string of the molecule is NC(=O)Cc1ccc(/C=C/c2cc(/C=C/c3ccc(CCN=O)cc3)cc(/C=C/c3ccc(CC(N)=O)cc3)c2)cc1. The summed E-state index contributed by atoms with van der Waals surface area (Å²) in [7, 11) is 0. The zero-order valence-electron chi connectivity index (χ0n) is 23.3. The van der Waals surface area contributed by atoms with Gasteiger partial charge in [0, 0.05) is 0 Å². The van der Waals surface area contributed by atoms with E-state index in [4.69, 9.17) is 11.5 Å². The molecule has 6 nitrogen and oxygen atoms in total. The van der Waals surface area contributed by atoms with Gasteiger partial charge in [0.2, 0.25) is 11.8 Å². The van der Waals surface area contributed by atoms with E-state index in [-0.39, 0.29) is 31.2 Å². The Hall–Kier alpha value is -5.36. The van der Waals surface area contributed by atoms with Crippen molar-refractivity contribution in [2.75, 3.05) is 6.54 Å². The van der Waals surface area contributed by atoms with Gasteiger partial charge in [-0.15, -0.1) is 0 Å². The Bertz CT molecular complexity index is 1530. The van der Waals surface area contributed by atoms with E-state index in [1.807, 2.05) is 84.9 Å². The van der Waals surface area contributed by atoms with Crippen molar-refractivity contribution in [3.05, 3.63) is 146 Å². The lowest BCUT2D eigenvalue weighted by Gasteiger charge is -2.04. The average Bonchev–Trinajstić information content (AvgIpc) is 2.98. The molecule has 6 heteroatoms. The van der Waals surface area contributed by atoms with Crippen LogP contribution in [-0.2, 0) is 28.9 Å². The third kappa shape index (κ3) is 9.68. The molecule has 0 radical (unpaired) electrons. The van der Waals surface area contributed by atoms with Crippen molar-refractivity contribution < 1.29 is 9.59 Å². The molecule has 0 spiro atoms. The number of benzene rings is 4. The molecule has 0 bridgehead atoms. The van der Waals surface area contributed by atoms with Gasteiger partial charge in [-0.25, -0.2) is 0 Å². The van der Waals surface area contributed by atoms with E-state index in [9.17, 15) is 14.5 Å². The van der Waals surface area contributed by atoms with Crippen molar-refractivity contribution in [2.24, 2.45) is 16.6 Å². The van der Waals surface area contributed by atoms with Crippen LogP contribution >= 0.6 is 0 Å². The van der Waals surface area contributed by atoms with Crippen molar-refractivity contribution in [1.82, 2.24) is 0 Å². The zero-order valence-corrected chi connectivity index (χ0v) is 23.3. The van der Waals surface area contributed by atoms with Crippen molar-refractivity contribution in [2.45, 2.75) is 19.3 Å². The molecule has 4 rings (SSSR count). The van der Waals surface area contributed by atoms with Crippen LogP contribution in [0.4, 0.5) is 0 Å². The van der Waals surface area contributed by atoms with E-state index in [0.29, 0.717) is 6.42 Å². The second-order valence-corrected chi connectivity index (χ2v) is 10.0. The van der Waals surface area contributed by atoms with Crippen LogP contribution in [0.25, 0.3) is 36.5 Å². The first-order chi connectivity index (χ1) is 20.4. The molecule has 0 aliphatic rings. The molecule has 0 aromatic heterocycles. The Morgan fingerprint density at radius 3 is 1.12 bits per heavy atom. The lowest BCUT2D eigenvalue weighted by molar-refractivity contribution is -0.118. The Kier molecular flexibility index (Phi) is 10.5. The number of hydrogen-bond acceptors (Lipinski definition) is 4. The van der Waals surface area contributed by atoms with Gasteiger partial charge in [0.1, 0.15) is 0 Å². The van der Waals surface area contributed by atoms with E-state index in [1.165, 1.54) is 0 Å². The number of rotatable bonds is 13. The summed E-state index contributed by atoms with van der Waals surface area (Å²) >= 11 is 0. The second-order valence-electron chi connectivity index (χ2n) is 10.0. The standard InChI is InChI=1S/C36H33N3O3/c37-35(40)24-30-12-5-27(6-13-30)10-17-33-21-32(16-9-26-1-3-29(4-2-26)19-20-39-42)22-34(23-33)18-11-28-7-14-31(15-8-28)25-36(38)41/h1-18,21-23H,19-20,24-25H2,(H2,37,40)(H2,38,41)/b16-9+,17-10+,18-11+. The number of hydrogen-bond donors (Lipinski definition) is 2. The molecular formula is C36H33N3O3. The van der Waals surface area contributed by atoms with Gasteiger partial charge in [-0.2, -0.15) is 4.91 Å². The van der Waals surface area contributed by atoms with Crippen LogP contribution < -0.4 is 11.5 Å². The van der Waals surface area contributed by atoms with Gasteiger partial charge in [-0.1, -0.05) is 114 Å². The molecule has 0 atom stereocenters. The Labute approximate surface area is 246 Å². The molecule has 0 unspecified atom stereocenters. The molecule has 4 aromatic carbocycles. The van der Waals surface area contributed by atoms with E-state index in [2.05, 4.69) is 47.7 Å². The highest BCUT2D eigenvalue weighted by Crippen LogP contribution is 2.20. The summed E-state index contributed by atoms with van der Waals surface area (Å²) in [5.74, 6) is -0.701. The van der Waals surface area contributed by atoms with Gasteiger partial charge in [-0.05, 0) is 74.7 Å². The van der Waals surface area contributed by atoms with Crippen molar-refractivity contribution in [3.63, 3.8) is 0 Å². The molecular weight excluding hydrogens is 522 g/mol. The van der Waals surface area contributed by atoms with Crippen molar-refractivity contribution >= 4 is 48.3 Å². The summed E-state index contributed by atoms with van der Waals surface area (Å²) in [6.07, 6.45) is 13.4. The van der Waals surface area contributed by atoms with Gasteiger partial charge in [0.15, 0.2) is 0 Å². The van der Waals surface area contributed by atoms with Gasteiger partial charge in [-0.3, -0.25) is 9.59 Å². The summed E-state index contributed by atoms with van der Waals surface area (Å²) in [5, 5.41) is 2.93. The minimum Gasteiger partial charge on any atom is -0.369 e. The molecule has 0 saturated heterocycles. The van der Waals surface area contributed by atoms with Crippen molar-refractivity contribution in [3.8, 4) is 0 Å². The maximum atomic E-state index is 11.2. The first kappa shape index (κ1) is 29.6. The molecule has 0 saturated carbocycles. The first-order valence-electron chi connectivity index (χ1n) is 13.7. The molecule has 42 heavy (non-hydrogen) atoms. The summed E-state index contributed by atoms with van der Waals surface area (Å²) in [6.45, 7) is 0.279. The van der Waals surface area contributed by atoms with E-state index in [0.717, 1.165) is 50.1 Å². The minimum atomic E-state index is -0.350. The van der Waals surface area contributed by atoms with Gasteiger partial charge in [0.25, 0.3) is 0 Å². The highest BCUT2D eigenvalue weighted by atomic mass is 16.3. The fourth-order valence-corrected chi connectivity index (χ4v) is 4.43. The summed E-state index contributed by atoms with van der Waals surface area (Å²) < 4.78 is 0. The van der Waals surface area contributed by atoms with Crippen LogP contribution in [0.5, 0.6) is 0 Å². The monoisotopic (exact) mass is 555 g/mol. The predicted molar refractivity (Wildman–Crippen MR) is 173 cm³/mol. The molecule has 210 valence electrons. The largest absolute Gasteiger partial charge is 0.369 e. The number of amides is 2. The second kappa shape index (κ2) is 14.9. The molecule has 2 amide bonds. The van der Waals surface area contributed by atoms with Crippen LogP contribution in [-0.4, -0.2) is 18.4 Å². The van der Waals surface area contributed by atoms with Gasteiger partial charge >= 0.3 is 0 Å². The van der Waals surface area contributed by atoms with Crippen LogP contribution in [0.3, 0.4) is 0 Å². The summed E-state index contributed by atoms with van der Waals surface area (Å²) in [6, 6.07) is 30.0. The molecule has 0 aliphatic heterocycles. The summed E-state index contributed by atoms with van der Waals surface area (Å²) in [5.41, 5.74) is 19.7. The van der Waals surface area contributed by atoms with Gasteiger partial charge < -0.3 is 11.5 Å². The van der Waals surface area contributed by atoms with E-state index >= 15 is 0 Å². The minimum absolute atomic E-state index is 0.223. The molecule has 4 N–H and O–H groups in total. The highest BCUT2D eigenvalue weighted by Gasteiger charge is 2.01. The smallest absolute Gasteiger partial charge is 0.221 e. The Balaban J connectivity index is 1.58. The van der Waals surface area contributed by atoms with E-state index < -0.39 is 0 Å². The molecule has 0 fully saturated rings. The third-order valence-corrected chi connectivity index (χ3v) is 6.59. The van der Waals surface area contributed by atoms with Gasteiger partial charge in [0.05, 0.1) is 19.4 Å². The fourth-order valence-electron chi connectivity index (χ4n) is 4.43. The number of nitrogens with two attached hydrogens (primary N) is 2. The number of nitrogens with zero attached hydrogens (tertiary/aromatic N) is 1. The number of carbonyl (C=O) groups excluding carboxylic acids is 2. The maximum Gasteiger partial charge on any atom is 0.221 e. The normalized spacial score (nSPS) is 11.4. The van der Waals surface area contributed by atoms with E-state index in [1.54, 1.807) is 0 Å². The quantitative estimate of drug-likeness (QED) is 0.144. The number of primary amides is 2. The lowest BCUT2D eigenvalue weighted by atomic mass is 10.0. The number of nitroso groups, excluding NO2 is 1. The van der Waals surface area contributed by atoms with Crippen LogP contribution in [0.2, 0.25) is 0 Å². The van der Waals surface area contributed by atoms with Crippen LogP contribution in [0.1, 0.15) is 50.1 Å². The van der Waals surface area contributed by atoms with Crippen molar-refractivity contribution in [1.29, 1.82) is 0 Å². The maximum absolute atomic E-state index is 11.2. The Morgan fingerprint density at radius 2 is 0.810 bits per heavy atom. The predicted octanol–water partition coefficient (Wildman–Crippen LogP) is 6.56. The molecule has 0 aliphatic carbocycles. The zero-order chi connectivity index (χ0) is 29.7.